The third-order valence-electron chi connectivity index (χ3n) is 17.5. The van der Waals surface area contributed by atoms with Crippen LogP contribution >= 0.6 is 0 Å². The minimum Gasteiger partial charge on any atom is -0.455 e. The van der Waals surface area contributed by atoms with E-state index in [1.807, 2.05) is 6.07 Å². The second-order valence-electron chi connectivity index (χ2n) is 21.0. The lowest BCUT2D eigenvalue weighted by atomic mass is 9.65. The predicted octanol–water partition coefficient (Wildman–Crippen LogP) is 18.9. The minimum absolute atomic E-state index is 0.520. The van der Waals surface area contributed by atoms with E-state index in [4.69, 9.17) is 4.42 Å². The minimum atomic E-state index is -0.599. The molecule has 77 heavy (non-hydrogen) atoms. The maximum absolute atomic E-state index is 6.60. The van der Waals surface area contributed by atoms with Crippen molar-refractivity contribution in [3.8, 4) is 39.1 Å². The number of aromatic nitrogens is 1. The summed E-state index contributed by atoms with van der Waals surface area (Å²) >= 11 is 0. The van der Waals surface area contributed by atoms with Gasteiger partial charge in [-0.3, -0.25) is 0 Å². The van der Waals surface area contributed by atoms with Crippen molar-refractivity contribution in [3.63, 3.8) is 0 Å². The molecule has 3 aliphatic rings. The summed E-state index contributed by atoms with van der Waals surface area (Å²) in [7, 11) is 0. The molecule has 3 heterocycles. The van der Waals surface area contributed by atoms with Crippen LogP contribution in [0.15, 0.2) is 283 Å². The molecule has 1 spiro atoms. The average molecular weight is 979 g/mol. The Kier molecular flexibility index (Phi) is 8.69. The average Bonchev–Trinajstić information content (AvgIpc) is 4.41. The standard InChI is InChI=1S/C74H46N2O/c1-2-19-48(20-3-1)73(60-29-9-4-21-53(60)54-22-5-10-30-61(54)73)49-41-45-51(46-42-49)75(50-43-39-47(40-44-50)52-26-16-28-58-56-24-8-15-38-69(56)77-72(52)58)68-37-18-33-64-70(68)59-25-6-11-31-62(59)74(64)63-32-12-14-36-67(63)76-66-35-13-7-23-55(66)57-27-17-34-65(74)71(57)76/h1-46H. The van der Waals surface area contributed by atoms with Gasteiger partial charge in [-0.05, 0) is 115 Å². The van der Waals surface area contributed by atoms with Crippen molar-refractivity contribution in [2.24, 2.45) is 0 Å². The number of anilines is 3. The second kappa shape index (κ2) is 15.8. The van der Waals surface area contributed by atoms with Gasteiger partial charge in [0.15, 0.2) is 0 Å². The summed E-state index contributed by atoms with van der Waals surface area (Å²) in [5.74, 6) is 0. The summed E-state index contributed by atoms with van der Waals surface area (Å²) in [5.41, 5.74) is 25.1. The highest BCUT2D eigenvalue weighted by Crippen LogP contribution is 2.64. The van der Waals surface area contributed by atoms with E-state index < -0.39 is 10.8 Å². The molecule has 0 radical (unpaired) electrons. The molecule has 0 saturated carbocycles. The first-order valence-electron chi connectivity index (χ1n) is 26.7. The van der Waals surface area contributed by atoms with Gasteiger partial charge in [0.25, 0.3) is 0 Å². The molecule has 14 aromatic rings. The van der Waals surface area contributed by atoms with Gasteiger partial charge < -0.3 is 13.9 Å². The lowest BCUT2D eigenvalue weighted by molar-refractivity contribution is 0.670. The van der Waals surface area contributed by atoms with Crippen molar-refractivity contribution >= 4 is 60.8 Å². The number of hydrogen-bond donors (Lipinski definition) is 0. The van der Waals surface area contributed by atoms with E-state index in [0.29, 0.717) is 0 Å². The number of furan rings is 1. The Hall–Kier alpha value is -9.96. The van der Waals surface area contributed by atoms with Crippen molar-refractivity contribution in [2.75, 3.05) is 4.90 Å². The molecule has 0 amide bonds. The first kappa shape index (κ1) is 42.4. The third-order valence-corrected chi connectivity index (χ3v) is 17.5. The maximum Gasteiger partial charge on any atom is 0.143 e. The molecule has 12 aromatic carbocycles. The number of nitrogens with zero attached hydrogens (tertiary/aromatic N) is 2. The number of para-hydroxylation sites is 5. The summed E-state index contributed by atoms with van der Waals surface area (Å²) in [6, 6.07) is 104. The summed E-state index contributed by atoms with van der Waals surface area (Å²) in [6.07, 6.45) is 0. The van der Waals surface area contributed by atoms with Crippen LogP contribution in [-0.4, -0.2) is 4.57 Å². The lowest BCUT2D eigenvalue weighted by Gasteiger charge is -2.39. The molecule has 1 atom stereocenters. The molecule has 1 unspecified atom stereocenters. The molecule has 1 aliphatic heterocycles. The molecule has 358 valence electrons. The second-order valence-corrected chi connectivity index (χ2v) is 21.0. The first-order valence-corrected chi connectivity index (χ1v) is 26.7. The van der Waals surface area contributed by atoms with E-state index in [9.17, 15) is 0 Å². The topological polar surface area (TPSA) is 21.3 Å². The van der Waals surface area contributed by atoms with Crippen molar-refractivity contribution in [1.29, 1.82) is 0 Å². The summed E-state index contributed by atoms with van der Waals surface area (Å²) in [4.78, 5) is 2.50. The van der Waals surface area contributed by atoms with Gasteiger partial charge in [-0.25, -0.2) is 0 Å². The highest BCUT2D eigenvalue weighted by atomic mass is 16.3. The number of hydrogen-bond acceptors (Lipinski definition) is 2. The largest absolute Gasteiger partial charge is 0.455 e. The molecule has 0 N–H and O–H groups in total. The van der Waals surface area contributed by atoms with Crippen LogP contribution in [0.4, 0.5) is 17.1 Å². The zero-order chi connectivity index (χ0) is 50.4. The molecular weight excluding hydrogens is 933 g/mol. The summed E-state index contributed by atoms with van der Waals surface area (Å²) < 4.78 is 9.13. The van der Waals surface area contributed by atoms with Gasteiger partial charge >= 0.3 is 0 Å². The van der Waals surface area contributed by atoms with Crippen LogP contribution in [0.5, 0.6) is 0 Å². The summed E-state index contributed by atoms with van der Waals surface area (Å²) in [6.45, 7) is 0. The van der Waals surface area contributed by atoms with Crippen LogP contribution < -0.4 is 4.90 Å². The van der Waals surface area contributed by atoms with Gasteiger partial charge in [0, 0.05) is 44.0 Å². The van der Waals surface area contributed by atoms with E-state index in [1.54, 1.807) is 0 Å². The van der Waals surface area contributed by atoms with Crippen LogP contribution in [0.1, 0.15) is 44.5 Å². The Labute approximate surface area is 445 Å². The Balaban J connectivity index is 0.912. The Morgan fingerprint density at radius 3 is 1.61 bits per heavy atom. The van der Waals surface area contributed by atoms with E-state index in [0.717, 1.165) is 50.1 Å². The quantitative estimate of drug-likeness (QED) is 0.166. The maximum atomic E-state index is 6.60. The first-order chi connectivity index (χ1) is 38.2. The number of benzene rings is 12. The lowest BCUT2D eigenvalue weighted by Crippen LogP contribution is -2.33. The molecule has 0 bridgehead atoms. The fourth-order valence-corrected chi connectivity index (χ4v) is 14.5. The predicted molar refractivity (Wildman–Crippen MR) is 316 cm³/mol. The zero-order valence-corrected chi connectivity index (χ0v) is 41.9. The fourth-order valence-electron chi connectivity index (χ4n) is 14.5. The van der Waals surface area contributed by atoms with Crippen molar-refractivity contribution in [3.05, 3.63) is 324 Å². The zero-order valence-electron chi connectivity index (χ0n) is 41.9. The van der Waals surface area contributed by atoms with E-state index in [-0.39, 0.29) is 0 Å². The Morgan fingerprint density at radius 1 is 0.325 bits per heavy atom. The summed E-state index contributed by atoms with van der Waals surface area (Å²) in [5, 5.41) is 4.79. The third kappa shape index (κ3) is 5.49. The molecule has 0 fully saturated rings. The number of rotatable bonds is 6. The highest BCUT2D eigenvalue weighted by Gasteiger charge is 2.52. The number of fused-ring (bicyclic) bond motifs is 18. The monoisotopic (exact) mass is 978 g/mol. The normalized spacial score (nSPS) is 15.2. The Morgan fingerprint density at radius 2 is 0.844 bits per heavy atom. The molecular formula is C74H46N2O. The van der Waals surface area contributed by atoms with Crippen LogP contribution in [-0.2, 0) is 10.8 Å². The smallest absolute Gasteiger partial charge is 0.143 e. The highest BCUT2D eigenvalue weighted by molar-refractivity contribution is 6.14. The fraction of sp³-hybridized carbons (Fsp3) is 0.0270. The Bertz CT molecular complexity index is 4710. The van der Waals surface area contributed by atoms with Gasteiger partial charge in [-0.15, -0.1) is 0 Å². The molecule has 0 saturated heterocycles. The molecule has 3 heteroatoms. The van der Waals surface area contributed by atoms with Crippen molar-refractivity contribution < 1.29 is 4.42 Å². The van der Waals surface area contributed by atoms with Crippen LogP contribution in [0, 0.1) is 0 Å². The van der Waals surface area contributed by atoms with Crippen LogP contribution in [0.3, 0.4) is 0 Å². The van der Waals surface area contributed by atoms with Gasteiger partial charge in [0.1, 0.15) is 11.2 Å². The van der Waals surface area contributed by atoms with E-state index >= 15 is 0 Å². The molecule has 17 rings (SSSR count). The van der Waals surface area contributed by atoms with E-state index in [1.165, 1.54) is 94.3 Å². The van der Waals surface area contributed by atoms with Crippen LogP contribution in [0.25, 0.3) is 82.8 Å². The van der Waals surface area contributed by atoms with Crippen LogP contribution in [0.2, 0.25) is 0 Å². The van der Waals surface area contributed by atoms with Gasteiger partial charge in [-0.1, -0.05) is 231 Å². The van der Waals surface area contributed by atoms with Crippen molar-refractivity contribution in [1.82, 2.24) is 4.57 Å². The molecule has 2 aromatic heterocycles. The van der Waals surface area contributed by atoms with E-state index in [2.05, 4.69) is 282 Å². The molecule has 2 aliphatic carbocycles. The van der Waals surface area contributed by atoms with Gasteiger partial charge in [0.05, 0.1) is 33.2 Å². The van der Waals surface area contributed by atoms with Crippen molar-refractivity contribution in [2.45, 2.75) is 10.8 Å². The van der Waals surface area contributed by atoms with Gasteiger partial charge in [0.2, 0.25) is 0 Å². The molecule has 3 nitrogen and oxygen atoms in total. The SMILES string of the molecule is c1ccc(C2(c3ccc(N(c4ccc(-c5cccc6c5oc5ccccc56)cc4)c4cccc5c4-c4ccccc4C54c5ccccc5-n5c6ccccc6c6cccc4c65)cc3)c3ccccc3-c3ccccc32)cc1. The van der Waals surface area contributed by atoms with Gasteiger partial charge in [-0.2, -0.15) is 0 Å².